The summed E-state index contributed by atoms with van der Waals surface area (Å²) in [6, 6.07) is -3.42. The number of carbonyl (C=O) groups excluding carboxylic acids is 6. The van der Waals surface area contributed by atoms with Gasteiger partial charge in [-0.1, -0.05) is 27.4 Å². The molecule has 3 heterocycles. The summed E-state index contributed by atoms with van der Waals surface area (Å²) < 4.78 is 101. The number of rotatable bonds is 19. The molecule has 0 aromatic carbocycles. The van der Waals surface area contributed by atoms with Crippen LogP contribution in [0.5, 0.6) is 0 Å². The van der Waals surface area contributed by atoms with E-state index in [2.05, 4.69) is 40.1 Å². The van der Waals surface area contributed by atoms with E-state index in [4.69, 9.17) is 67.9 Å². The molecule has 68 heavy (non-hydrogen) atoms. The second-order valence-electron chi connectivity index (χ2n) is 15.6. The molecule has 0 aromatic heterocycles. The van der Waals surface area contributed by atoms with Gasteiger partial charge in [-0.3, -0.25) is 28.8 Å². The van der Waals surface area contributed by atoms with E-state index in [0.717, 1.165) is 41.5 Å². The molecular weight excluding hydrogens is 926 g/mol. The summed E-state index contributed by atoms with van der Waals surface area (Å²) in [5, 5.41) is 13.8. The topological polar surface area (TPSA) is 408 Å². The van der Waals surface area contributed by atoms with E-state index in [0.29, 0.717) is 0 Å². The maximum absolute atomic E-state index is 15.9. The van der Waals surface area contributed by atoms with Gasteiger partial charge in [-0.15, -0.1) is 0 Å². The molecular formula is C36H48F2N12O18. The van der Waals surface area contributed by atoms with Crippen molar-refractivity contribution in [2.75, 3.05) is 19.7 Å². The van der Waals surface area contributed by atoms with Crippen molar-refractivity contribution in [3.8, 4) is 0 Å². The van der Waals surface area contributed by atoms with Crippen molar-refractivity contribution >= 4 is 35.8 Å². The van der Waals surface area contributed by atoms with Gasteiger partial charge in [-0.05, 0) is 34.5 Å². The van der Waals surface area contributed by atoms with Crippen LogP contribution in [-0.4, -0.2) is 160 Å². The molecule has 1 aliphatic carbocycles. The summed E-state index contributed by atoms with van der Waals surface area (Å²) >= 11 is 0. The van der Waals surface area contributed by atoms with Crippen LogP contribution >= 0.6 is 0 Å². The first kappa shape index (κ1) is 54.3. The van der Waals surface area contributed by atoms with Gasteiger partial charge < -0.3 is 56.8 Å². The molecule has 3 aliphatic heterocycles. The number of hydrogen-bond donors (Lipinski definition) is 0. The molecule has 0 N–H and O–H groups in total. The third-order valence-corrected chi connectivity index (χ3v) is 10.5. The molecule has 2 unspecified atom stereocenters. The number of carbonyl (C=O) groups is 6. The largest absolute Gasteiger partial charge is 0.463 e. The van der Waals surface area contributed by atoms with Crippen LogP contribution in [0, 0.1) is 5.92 Å². The highest BCUT2D eigenvalue weighted by atomic mass is 19.3. The Bertz CT molecular complexity index is 2060. The SMILES string of the molecule is CC(=O)OC[C@H]1O[C@@H](O[C@H]2[C@H](O[C@H]3O[C@H](CN=[N+]=[N-])C(F)(F)[C@H](OC(C)=O)C3N=[N+]=[N-])[C@@H](C)CC(N=[N+]=[N-])[C@@H]2OC(C)=O)[C@H](OC(C)=O)[C@@H]1O[C@@H]1C[C@@H](OC(C)=O)[C@H](OC(C)=O)[C@H](CN=[N+]=[N-])O1. The van der Waals surface area contributed by atoms with Gasteiger partial charge in [-0.25, -0.2) is 0 Å². The van der Waals surface area contributed by atoms with Gasteiger partial charge in [0.15, 0.2) is 37.2 Å². The molecule has 30 nitrogen and oxygen atoms in total. The van der Waals surface area contributed by atoms with Crippen molar-refractivity contribution in [3.05, 3.63) is 41.8 Å². The van der Waals surface area contributed by atoms with Crippen LogP contribution in [0.4, 0.5) is 8.78 Å². The van der Waals surface area contributed by atoms with Gasteiger partial charge in [-0.2, -0.15) is 8.78 Å². The average Bonchev–Trinajstić information content (AvgIpc) is 3.54. The van der Waals surface area contributed by atoms with Gasteiger partial charge >= 0.3 is 41.7 Å². The first-order valence-corrected chi connectivity index (χ1v) is 20.6. The second kappa shape index (κ2) is 24.6. The Hall–Kier alpha value is -6.32. The quantitative estimate of drug-likeness (QED) is 0.0586. The number of esters is 6. The van der Waals surface area contributed by atoms with E-state index < -0.39 is 165 Å². The fourth-order valence-corrected chi connectivity index (χ4v) is 8.05. The molecule has 0 radical (unpaired) electrons. The third-order valence-electron chi connectivity index (χ3n) is 10.5. The van der Waals surface area contributed by atoms with Crippen molar-refractivity contribution in [2.24, 2.45) is 26.4 Å². The summed E-state index contributed by atoms with van der Waals surface area (Å²) in [4.78, 5) is 84.8. The Balaban J connectivity index is 1.84. The van der Waals surface area contributed by atoms with Gasteiger partial charge in [0.2, 0.25) is 0 Å². The number of azide groups is 4. The van der Waals surface area contributed by atoms with Gasteiger partial charge in [0.25, 0.3) is 0 Å². The highest BCUT2D eigenvalue weighted by Crippen LogP contribution is 2.43. The summed E-state index contributed by atoms with van der Waals surface area (Å²) in [5.41, 5.74) is 37.1. The minimum Gasteiger partial charge on any atom is -0.463 e. The van der Waals surface area contributed by atoms with Gasteiger partial charge in [0, 0.05) is 67.6 Å². The molecule has 4 rings (SSSR count). The molecule has 374 valence electrons. The highest BCUT2D eigenvalue weighted by Gasteiger charge is 2.62. The summed E-state index contributed by atoms with van der Waals surface area (Å²) in [5.74, 6) is -10.7. The van der Waals surface area contributed by atoms with Crippen LogP contribution in [0.15, 0.2) is 20.5 Å². The Morgan fingerprint density at radius 1 is 0.588 bits per heavy atom. The lowest BCUT2D eigenvalue weighted by Gasteiger charge is -2.48. The van der Waals surface area contributed by atoms with Crippen molar-refractivity contribution in [1.82, 2.24) is 0 Å². The zero-order valence-electron chi connectivity index (χ0n) is 37.3. The first-order valence-electron chi connectivity index (χ1n) is 20.6. The van der Waals surface area contributed by atoms with Crippen LogP contribution in [0.25, 0.3) is 41.8 Å². The molecule has 0 amide bonds. The van der Waals surface area contributed by atoms with Crippen LogP contribution < -0.4 is 0 Å². The Kier molecular flexibility index (Phi) is 19.7. The monoisotopic (exact) mass is 974 g/mol. The molecule has 4 aliphatic rings. The number of alkyl halides is 2. The summed E-state index contributed by atoms with van der Waals surface area (Å²) in [6.07, 6.45) is -24.5. The maximum Gasteiger partial charge on any atom is 0.310 e. The van der Waals surface area contributed by atoms with E-state index in [-0.39, 0.29) is 12.8 Å². The molecule has 0 spiro atoms. The van der Waals surface area contributed by atoms with E-state index in [1.54, 1.807) is 0 Å². The molecule has 17 atom stereocenters. The molecule has 1 saturated carbocycles. The van der Waals surface area contributed by atoms with Crippen molar-refractivity contribution in [2.45, 2.75) is 165 Å². The fourth-order valence-electron chi connectivity index (χ4n) is 8.05. The minimum absolute atomic E-state index is 0.162. The lowest BCUT2D eigenvalue weighted by atomic mass is 9.80. The predicted molar refractivity (Wildman–Crippen MR) is 212 cm³/mol. The molecule has 3 saturated heterocycles. The molecule has 0 bridgehead atoms. The van der Waals surface area contributed by atoms with Crippen LogP contribution in [-0.2, 0) is 85.6 Å². The summed E-state index contributed by atoms with van der Waals surface area (Å²) in [6.45, 7) is 5.34. The highest BCUT2D eigenvalue weighted by molar-refractivity contribution is 5.68. The normalized spacial score (nSPS) is 34.9. The van der Waals surface area contributed by atoms with Gasteiger partial charge in [0.05, 0.1) is 25.2 Å². The van der Waals surface area contributed by atoms with E-state index in [1.165, 1.54) is 6.92 Å². The Morgan fingerprint density at radius 3 is 1.74 bits per heavy atom. The zero-order valence-corrected chi connectivity index (χ0v) is 37.3. The van der Waals surface area contributed by atoms with Gasteiger partial charge in [0.1, 0.15) is 55.4 Å². The van der Waals surface area contributed by atoms with E-state index in [9.17, 15) is 39.8 Å². The maximum atomic E-state index is 15.9. The number of hydrogen-bond acceptors (Lipinski definition) is 22. The number of ether oxygens (including phenoxy) is 12. The molecule has 4 fully saturated rings. The second-order valence-corrected chi connectivity index (χ2v) is 15.6. The lowest BCUT2D eigenvalue weighted by molar-refractivity contribution is -0.338. The average molecular weight is 975 g/mol. The minimum atomic E-state index is -4.16. The first-order chi connectivity index (χ1) is 32.1. The predicted octanol–water partition coefficient (Wildman–Crippen LogP) is 3.58. The van der Waals surface area contributed by atoms with Crippen LogP contribution in [0.1, 0.15) is 61.3 Å². The fraction of sp³-hybridized carbons (Fsp3) is 0.833. The smallest absolute Gasteiger partial charge is 0.310 e. The van der Waals surface area contributed by atoms with E-state index in [1.807, 2.05) is 0 Å². The third kappa shape index (κ3) is 14.1. The Labute approximate surface area is 383 Å². The molecule has 32 heteroatoms. The standard InChI is InChI=1S/C36H48F2N12O18/c1-13-8-20(45-49-41)28(59-16(4)53)31(27(13)67-34-26(46-50-42)33(62-19(7)56)36(37,38)24(65-34)11-44-48-40)68-35-32(61-18(6)55)30(23(64-35)12-57-14(2)51)66-25-9-21(58-15(3)52)29(60-17(5)54)22(63-25)10-43-47-39/h13,20-35H,8-12H2,1-7H3/t13-,20?,21+,22-,23+,24+,25+,26?,27+,28-,29-,30+,31-,32+,33+,34+,35-/m0/s1. The van der Waals surface area contributed by atoms with Crippen molar-refractivity contribution < 1.29 is 94.4 Å². The molecule has 0 aromatic rings. The Morgan fingerprint density at radius 2 is 1.16 bits per heavy atom. The van der Waals surface area contributed by atoms with Crippen molar-refractivity contribution in [3.63, 3.8) is 0 Å². The number of halogens is 2. The van der Waals surface area contributed by atoms with Crippen LogP contribution in [0.3, 0.4) is 0 Å². The van der Waals surface area contributed by atoms with Crippen LogP contribution in [0.2, 0.25) is 0 Å². The lowest BCUT2D eigenvalue weighted by Crippen LogP contribution is -2.65. The summed E-state index contributed by atoms with van der Waals surface area (Å²) in [7, 11) is 0. The van der Waals surface area contributed by atoms with Crippen molar-refractivity contribution in [1.29, 1.82) is 0 Å². The number of nitrogens with zero attached hydrogens (tertiary/aromatic N) is 12. The zero-order chi connectivity index (χ0) is 50.5. The van der Waals surface area contributed by atoms with E-state index >= 15 is 8.78 Å².